The van der Waals surface area contributed by atoms with Gasteiger partial charge >= 0.3 is 12.3 Å². The van der Waals surface area contributed by atoms with E-state index in [2.05, 4.69) is 0 Å². The van der Waals surface area contributed by atoms with E-state index in [4.69, 9.17) is 15.2 Å². The van der Waals surface area contributed by atoms with E-state index < -0.39 is 23.4 Å². The van der Waals surface area contributed by atoms with Gasteiger partial charge in [-0.05, 0) is 57.7 Å². The fourth-order valence-corrected chi connectivity index (χ4v) is 3.08. The van der Waals surface area contributed by atoms with Crippen molar-refractivity contribution in [1.29, 1.82) is 0 Å². The van der Waals surface area contributed by atoms with Gasteiger partial charge in [0.2, 0.25) is 0 Å². The van der Waals surface area contributed by atoms with E-state index in [0.717, 1.165) is 12.8 Å². The van der Waals surface area contributed by atoms with Gasteiger partial charge in [-0.25, -0.2) is 4.79 Å². The van der Waals surface area contributed by atoms with Crippen molar-refractivity contribution in [2.45, 2.75) is 57.9 Å². The van der Waals surface area contributed by atoms with Crippen LogP contribution in [0.4, 0.5) is 23.7 Å². The zero-order valence-electron chi connectivity index (χ0n) is 16.2. The number of hydrogen-bond acceptors (Lipinski definition) is 4. The monoisotopic (exact) mass is 398 g/mol. The predicted octanol–water partition coefficient (Wildman–Crippen LogP) is 4.85. The number of rotatable bonds is 3. The summed E-state index contributed by atoms with van der Waals surface area (Å²) >= 11 is 0. The van der Waals surface area contributed by atoms with Gasteiger partial charge in [-0.15, -0.1) is 0 Å². The molecule has 3 rings (SSSR count). The zero-order valence-corrected chi connectivity index (χ0v) is 16.2. The van der Waals surface area contributed by atoms with Crippen LogP contribution in [-0.4, -0.2) is 35.8 Å². The van der Waals surface area contributed by atoms with Crippen molar-refractivity contribution in [3.05, 3.63) is 29.3 Å². The lowest BCUT2D eigenvalue weighted by Gasteiger charge is -2.30. The van der Waals surface area contributed by atoms with Crippen molar-refractivity contribution < 1.29 is 27.4 Å². The molecule has 0 spiro atoms. The Labute approximate surface area is 162 Å². The molecule has 28 heavy (non-hydrogen) atoms. The smallest absolute Gasteiger partial charge is 0.420 e. The minimum Gasteiger partial charge on any atom is -0.490 e. The molecule has 0 unspecified atom stereocenters. The van der Waals surface area contributed by atoms with Gasteiger partial charge in [0, 0.05) is 24.3 Å². The van der Waals surface area contributed by atoms with Crippen LogP contribution >= 0.6 is 0 Å². The first-order valence-electron chi connectivity index (χ1n) is 9.29. The molecule has 8 heteroatoms. The lowest BCUT2D eigenvalue weighted by Crippen LogP contribution is -2.39. The fourth-order valence-electron chi connectivity index (χ4n) is 3.08. The van der Waals surface area contributed by atoms with E-state index in [1.54, 1.807) is 26.8 Å². The Morgan fingerprint density at radius 3 is 2.39 bits per heavy atom. The summed E-state index contributed by atoms with van der Waals surface area (Å²) in [7, 11) is 0. The van der Waals surface area contributed by atoms with Crippen LogP contribution in [0, 0.1) is 0 Å². The van der Waals surface area contributed by atoms with E-state index >= 15 is 0 Å². The Kier molecular flexibility index (Phi) is 5.25. The Morgan fingerprint density at radius 1 is 1.21 bits per heavy atom. The van der Waals surface area contributed by atoms with E-state index in [0.29, 0.717) is 5.57 Å². The number of nitrogens with zero attached hydrogens (tertiary/aromatic N) is 1. The van der Waals surface area contributed by atoms with Gasteiger partial charge in [0.15, 0.2) is 0 Å². The highest BCUT2D eigenvalue weighted by molar-refractivity contribution is 5.81. The number of carbonyl (C=O) groups excluding carboxylic acids is 1. The van der Waals surface area contributed by atoms with Gasteiger partial charge in [-0.1, -0.05) is 6.08 Å². The number of ether oxygens (including phenoxy) is 2. The van der Waals surface area contributed by atoms with Crippen molar-refractivity contribution in [3.63, 3.8) is 0 Å². The highest BCUT2D eigenvalue weighted by Crippen LogP contribution is 2.46. The largest absolute Gasteiger partial charge is 0.490 e. The van der Waals surface area contributed by atoms with Crippen LogP contribution in [0.25, 0.3) is 5.57 Å². The molecule has 0 bridgehead atoms. The number of nitrogen functional groups attached to an aromatic ring is 1. The molecule has 1 saturated carbocycles. The van der Waals surface area contributed by atoms with Crippen LogP contribution in [0.15, 0.2) is 18.2 Å². The van der Waals surface area contributed by atoms with E-state index in [1.165, 1.54) is 17.0 Å². The van der Waals surface area contributed by atoms with Gasteiger partial charge in [0.25, 0.3) is 0 Å². The van der Waals surface area contributed by atoms with E-state index in [1.807, 2.05) is 0 Å². The second-order valence-electron chi connectivity index (χ2n) is 8.12. The molecule has 2 aliphatic rings. The molecule has 0 atom stereocenters. The summed E-state index contributed by atoms with van der Waals surface area (Å²) in [6.45, 7) is 5.70. The molecular formula is C20H25F3N2O3. The summed E-state index contributed by atoms with van der Waals surface area (Å²) in [5, 5.41) is 0. The SMILES string of the molecule is CC(C)(C)OC(=O)N1CC=C(c2c(N)ccc(OC3CC3)c2C(F)(F)F)CC1. The van der Waals surface area contributed by atoms with Gasteiger partial charge in [0.05, 0.1) is 6.10 Å². The first-order valence-corrected chi connectivity index (χ1v) is 9.29. The summed E-state index contributed by atoms with van der Waals surface area (Å²) in [6, 6.07) is 2.74. The zero-order chi connectivity index (χ0) is 20.7. The van der Waals surface area contributed by atoms with Crippen LogP contribution in [0.3, 0.4) is 0 Å². The van der Waals surface area contributed by atoms with E-state index in [-0.39, 0.29) is 42.6 Å². The summed E-state index contributed by atoms with van der Waals surface area (Å²) in [5.74, 6) is -0.185. The minimum absolute atomic E-state index is 0.0468. The van der Waals surface area contributed by atoms with Crippen molar-refractivity contribution >= 4 is 17.4 Å². The third-order valence-electron chi connectivity index (χ3n) is 4.48. The third-order valence-corrected chi connectivity index (χ3v) is 4.48. The Balaban J connectivity index is 1.90. The molecule has 0 radical (unpaired) electrons. The average Bonchev–Trinajstić information content (AvgIpc) is 3.38. The normalized spacial score (nSPS) is 17.9. The number of benzene rings is 1. The molecular weight excluding hydrogens is 373 g/mol. The molecule has 1 aliphatic carbocycles. The third kappa shape index (κ3) is 4.72. The number of hydrogen-bond donors (Lipinski definition) is 1. The van der Waals surface area contributed by atoms with Gasteiger partial charge < -0.3 is 20.1 Å². The Hall–Kier alpha value is -2.38. The summed E-state index contributed by atoms with van der Waals surface area (Å²) in [6.07, 6.45) is -1.89. The Morgan fingerprint density at radius 2 is 1.89 bits per heavy atom. The predicted molar refractivity (Wildman–Crippen MR) is 99.9 cm³/mol. The first kappa shape index (κ1) is 20.4. The van der Waals surface area contributed by atoms with Crippen molar-refractivity contribution in [3.8, 4) is 5.75 Å². The highest BCUT2D eigenvalue weighted by atomic mass is 19.4. The second kappa shape index (κ2) is 7.22. The van der Waals surface area contributed by atoms with Crippen LogP contribution in [0.5, 0.6) is 5.75 Å². The summed E-state index contributed by atoms with van der Waals surface area (Å²) in [4.78, 5) is 13.6. The number of nitrogens with two attached hydrogens (primary N) is 1. The maximum absolute atomic E-state index is 13.9. The number of alkyl halides is 3. The number of halogens is 3. The maximum atomic E-state index is 13.9. The van der Waals surface area contributed by atoms with Crippen molar-refractivity contribution in [2.24, 2.45) is 0 Å². The Bertz CT molecular complexity index is 793. The molecule has 2 N–H and O–H groups in total. The molecule has 154 valence electrons. The molecule has 1 fully saturated rings. The molecule has 0 saturated heterocycles. The summed E-state index contributed by atoms with van der Waals surface area (Å²) in [5.41, 5.74) is 4.93. The van der Waals surface area contributed by atoms with Crippen molar-refractivity contribution in [1.82, 2.24) is 4.90 Å². The highest BCUT2D eigenvalue weighted by Gasteiger charge is 2.40. The lowest BCUT2D eigenvalue weighted by molar-refractivity contribution is -0.139. The van der Waals surface area contributed by atoms with Gasteiger partial charge in [-0.2, -0.15) is 13.2 Å². The van der Waals surface area contributed by atoms with Crippen LogP contribution in [0.1, 0.15) is 51.2 Å². The molecule has 1 heterocycles. The molecule has 1 amide bonds. The fraction of sp³-hybridized carbons (Fsp3) is 0.550. The molecule has 1 aromatic carbocycles. The molecule has 1 aromatic rings. The quantitative estimate of drug-likeness (QED) is 0.739. The van der Waals surface area contributed by atoms with Crippen LogP contribution in [-0.2, 0) is 10.9 Å². The minimum atomic E-state index is -4.60. The molecule has 1 aliphatic heterocycles. The van der Waals surface area contributed by atoms with E-state index in [9.17, 15) is 18.0 Å². The van der Waals surface area contributed by atoms with Gasteiger partial charge in [-0.3, -0.25) is 0 Å². The molecule has 5 nitrogen and oxygen atoms in total. The topological polar surface area (TPSA) is 64.8 Å². The average molecular weight is 398 g/mol. The number of anilines is 1. The summed E-state index contributed by atoms with van der Waals surface area (Å²) < 4.78 is 52.4. The molecule has 0 aromatic heterocycles. The van der Waals surface area contributed by atoms with Gasteiger partial charge in [0.1, 0.15) is 16.9 Å². The maximum Gasteiger partial charge on any atom is 0.420 e. The van der Waals surface area contributed by atoms with Crippen LogP contribution < -0.4 is 10.5 Å². The number of amides is 1. The lowest BCUT2D eigenvalue weighted by atomic mass is 9.92. The number of carbonyl (C=O) groups is 1. The second-order valence-corrected chi connectivity index (χ2v) is 8.12. The standard InChI is InChI=1S/C20H25F3N2O3/c1-19(2,3)28-18(26)25-10-8-12(9-11-25)16-14(24)6-7-15(27-13-4-5-13)17(16)20(21,22)23/h6-8,13H,4-5,9-11,24H2,1-3H3. The first-order chi connectivity index (χ1) is 13.0. The van der Waals surface area contributed by atoms with Crippen LogP contribution in [0.2, 0.25) is 0 Å². The van der Waals surface area contributed by atoms with Crippen molar-refractivity contribution in [2.75, 3.05) is 18.8 Å².